The molecule has 0 unspecified atom stereocenters. The first-order valence-corrected chi connectivity index (χ1v) is 4.56. The largest absolute Gasteiger partial charge is 0.250 e. The monoisotopic (exact) mass is 157 g/mol. The lowest BCUT2D eigenvalue weighted by molar-refractivity contribution is 1.16. The van der Waals surface area contributed by atoms with Crippen molar-refractivity contribution in [1.29, 1.82) is 0 Å². The maximum atomic E-state index is 4.11. The fourth-order valence-electron chi connectivity index (χ4n) is 0.569. The minimum atomic E-state index is 1.12. The van der Waals surface area contributed by atoms with Gasteiger partial charge in [0.25, 0.3) is 0 Å². The van der Waals surface area contributed by atoms with Gasteiger partial charge in [0.15, 0.2) is 0 Å². The van der Waals surface area contributed by atoms with Gasteiger partial charge >= 0.3 is 0 Å². The topological polar surface area (TPSA) is 12.9 Å². The van der Waals surface area contributed by atoms with Crippen LogP contribution >= 0.6 is 11.3 Å². The average Bonchev–Trinajstić information content (AvgIpc) is 2.40. The Kier molecular flexibility index (Phi) is 5.22. The molecule has 0 atom stereocenters. The summed E-state index contributed by atoms with van der Waals surface area (Å²) in [5.41, 5.74) is 0. The molecule has 0 saturated heterocycles. The molecule has 0 radical (unpaired) electrons. The first kappa shape index (κ1) is 9.63. The van der Waals surface area contributed by atoms with Crippen LogP contribution in [0.25, 0.3) is 0 Å². The van der Waals surface area contributed by atoms with Crippen LogP contribution in [0.2, 0.25) is 0 Å². The molecule has 1 rings (SSSR count). The van der Waals surface area contributed by atoms with Gasteiger partial charge < -0.3 is 0 Å². The summed E-state index contributed by atoms with van der Waals surface area (Å²) in [5.74, 6) is 0. The summed E-state index contributed by atoms with van der Waals surface area (Å²) in [4.78, 5) is 5.48. The molecule has 2 heteroatoms. The molecule has 0 aliphatic carbocycles. The van der Waals surface area contributed by atoms with E-state index >= 15 is 0 Å². The van der Waals surface area contributed by atoms with Crippen LogP contribution in [0.3, 0.4) is 0 Å². The molecule has 0 amide bonds. The standard InChI is InChI=1S/C6H9NS.C2H6/c1-3-6-4-7-5(2)8-6;1-2/h4H,3H2,1-2H3;1-2H3. The number of rotatable bonds is 1. The van der Waals surface area contributed by atoms with Gasteiger partial charge in [0, 0.05) is 11.1 Å². The van der Waals surface area contributed by atoms with Crippen molar-refractivity contribution in [3.63, 3.8) is 0 Å². The van der Waals surface area contributed by atoms with Gasteiger partial charge in [-0.25, -0.2) is 4.98 Å². The molecule has 1 aromatic heterocycles. The van der Waals surface area contributed by atoms with E-state index in [1.807, 2.05) is 27.0 Å². The highest BCUT2D eigenvalue weighted by molar-refractivity contribution is 7.11. The highest BCUT2D eigenvalue weighted by Gasteiger charge is 1.91. The predicted molar refractivity (Wildman–Crippen MR) is 47.6 cm³/mol. The highest BCUT2D eigenvalue weighted by Crippen LogP contribution is 2.10. The van der Waals surface area contributed by atoms with Gasteiger partial charge in [-0.2, -0.15) is 0 Å². The SMILES string of the molecule is CC.CCc1cnc(C)s1. The third-order valence-corrected chi connectivity index (χ3v) is 2.07. The molecule has 0 bridgehead atoms. The van der Waals surface area contributed by atoms with Crippen LogP contribution in [0.15, 0.2) is 6.20 Å². The molecule has 0 N–H and O–H groups in total. The van der Waals surface area contributed by atoms with Gasteiger partial charge in [-0.3, -0.25) is 0 Å². The summed E-state index contributed by atoms with van der Waals surface area (Å²) in [6.07, 6.45) is 3.06. The van der Waals surface area contributed by atoms with Gasteiger partial charge in [0.05, 0.1) is 5.01 Å². The molecule has 1 aromatic rings. The fraction of sp³-hybridized carbons (Fsp3) is 0.625. The summed E-state index contributed by atoms with van der Waals surface area (Å²) in [6, 6.07) is 0. The number of nitrogens with zero attached hydrogens (tertiary/aromatic N) is 1. The Balaban J connectivity index is 0.000000371. The Morgan fingerprint density at radius 1 is 1.50 bits per heavy atom. The summed E-state index contributed by atoms with van der Waals surface area (Å²) in [5, 5.41) is 1.17. The van der Waals surface area contributed by atoms with E-state index in [4.69, 9.17) is 0 Å². The molecular formula is C8H15NS. The Morgan fingerprint density at radius 2 is 2.10 bits per heavy atom. The number of aromatic nitrogens is 1. The lowest BCUT2D eigenvalue weighted by Gasteiger charge is -1.78. The van der Waals surface area contributed by atoms with Crippen molar-refractivity contribution in [2.75, 3.05) is 0 Å². The molecule has 0 aromatic carbocycles. The van der Waals surface area contributed by atoms with Crippen molar-refractivity contribution in [3.8, 4) is 0 Å². The van der Waals surface area contributed by atoms with Crippen LogP contribution in [0, 0.1) is 6.92 Å². The van der Waals surface area contributed by atoms with E-state index in [9.17, 15) is 0 Å². The van der Waals surface area contributed by atoms with E-state index in [1.165, 1.54) is 9.88 Å². The zero-order valence-corrected chi connectivity index (χ0v) is 7.96. The van der Waals surface area contributed by atoms with Crippen LogP contribution in [0.4, 0.5) is 0 Å². The molecular weight excluding hydrogens is 142 g/mol. The Bertz CT molecular complexity index is 170. The second kappa shape index (κ2) is 5.42. The Hall–Kier alpha value is -0.370. The quantitative estimate of drug-likeness (QED) is 0.610. The van der Waals surface area contributed by atoms with Crippen molar-refractivity contribution >= 4 is 11.3 Å². The van der Waals surface area contributed by atoms with E-state index in [0.717, 1.165) is 6.42 Å². The summed E-state index contributed by atoms with van der Waals surface area (Å²) in [6.45, 7) is 8.18. The first-order chi connectivity index (χ1) is 4.83. The molecule has 1 heterocycles. The average molecular weight is 157 g/mol. The van der Waals surface area contributed by atoms with Crippen molar-refractivity contribution in [3.05, 3.63) is 16.1 Å². The van der Waals surface area contributed by atoms with Crippen molar-refractivity contribution < 1.29 is 0 Å². The molecule has 0 saturated carbocycles. The third kappa shape index (κ3) is 2.97. The first-order valence-electron chi connectivity index (χ1n) is 3.74. The zero-order valence-electron chi connectivity index (χ0n) is 7.14. The van der Waals surface area contributed by atoms with E-state index in [-0.39, 0.29) is 0 Å². The lowest BCUT2D eigenvalue weighted by Crippen LogP contribution is -1.64. The predicted octanol–water partition coefficient (Wildman–Crippen LogP) is 3.04. The smallest absolute Gasteiger partial charge is 0.0896 e. The molecule has 0 fully saturated rings. The van der Waals surface area contributed by atoms with Gasteiger partial charge in [0.1, 0.15) is 0 Å². The second-order valence-electron chi connectivity index (χ2n) is 1.70. The van der Waals surface area contributed by atoms with E-state index in [0.29, 0.717) is 0 Å². The summed E-state index contributed by atoms with van der Waals surface area (Å²) >= 11 is 1.78. The number of hydrogen-bond donors (Lipinski definition) is 0. The maximum absolute atomic E-state index is 4.11. The van der Waals surface area contributed by atoms with Crippen LogP contribution in [0.1, 0.15) is 30.7 Å². The summed E-state index contributed by atoms with van der Waals surface area (Å²) in [7, 11) is 0. The highest BCUT2D eigenvalue weighted by atomic mass is 32.1. The number of thiazole rings is 1. The minimum absolute atomic E-state index is 1.12. The zero-order chi connectivity index (χ0) is 7.98. The molecule has 0 aliphatic heterocycles. The number of hydrogen-bond acceptors (Lipinski definition) is 2. The van der Waals surface area contributed by atoms with Crippen molar-refractivity contribution in [2.24, 2.45) is 0 Å². The molecule has 0 aliphatic rings. The van der Waals surface area contributed by atoms with Gasteiger partial charge in [-0.15, -0.1) is 11.3 Å². The van der Waals surface area contributed by atoms with Crippen LogP contribution in [-0.4, -0.2) is 4.98 Å². The maximum Gasteiger partial charge on any atom is 0.0896 e. The second-order valence-corrected chi connectivity index (χ2v) is 3.02. The van der Waals surface area contributed by atoms with Gasteiger partial charge in [-0.05, 0) is 13.3 Å². The Labute approximate surface area is 67.1 Å². The molecule has 10 heavy (non-hydrogen) atoms. The van der Waals surface area contributed by atoms with Crippen molar-refractivity contribution in [2.45, 2.75) is 34.1 Å². The lowest BCUT2D eigenvalue weighted by atomic mass is 10.4. The van der Waals surface area contributed by atoms with Crippen molar-refractivity contribution in [1.82, 2.24) is 4.98 Å². The fourth-order valence-corrected chi connectivity index (χ4v) is 1.30. The molecule has 58 valence electrons. The molecule has 0 spiro atoms. The third-order valence-electron chi connectivity index (χ3n) is 1.02. The molecule has 1 nitrogen and oxygen atoms in total. The van der Waals surface area contributed by atoms with E-state index in [1.54, 1.807) is 11.3 Å². The van der Waals surface area contributed by atoms with Crippen LogP contribution in [-0.2, 0) is 6.42 Å². The van der Waals surface area contributed by atoms with E-state index in [2.05, 4.69) is 11.9 Å². The van der Waals surface area contributed by atoms with E-state index < -0.39 is 0 Å². The van der Waals surface area contributed by atoms with Crippen LogP contribution < -0.4 is 0 Å². The summed E-state index contributed by atoms with van der Waals surface area (Å²) < 4.78 is 0. The van der Waals surface area contributed by atoms with Crippen LogP contribution in [0.5, 0.6) is 0 Å². The Morgan fingerprint density at radius 3 is 2.30 bits per heavy atom. The minimum Gasteiger partial charge on any atom is -0.250 e. The number of aryl methyl sites for hydroxylation is 2. The van der Waals surface area contributed by atoms with Gasteiger partial charge in [-0.1, -0.05) is 20.8 Å². The normalized spacial score (nSPS) is 8.40. The van der Waals surface area contributed by atoms with Gasteiger partial charge in [0.2, 0.25) is 0 Å².